The molecule has 2 aromatic carbocycles. The maximum atomic E-state index is 12.5. The van der Waals surface area contributed by atoms with E-state index in [0.29, 0.717) is 12.2 Å². The number of rotatable bonds is 6. The van der Waals surface area contributed by atoms with Crippen molar-refractivity contribution >= 4 is 28.4 Å². The van der Waals surface area contributed by atoms with Crippen LogP contribution in [0.1, 0.15) is 27.9 Å². The van der Waals surface area contributed by atoms with E-state index in [1.165, 1.54) is 0 Å². The molecule has 1 aliphatic heterocycles. The molecule has 1 unspecified atom stereocenters. The molecule has 0 radical (unpaired) electrons. The summed E-state index contributed by atoms with van der Waals surface area (Å²) < 4.78 is 43.0. The predicted molar refractivity (Wildman–Crippen MR) is 97.4 cm³/mol. The van der Waals surface area contributed by atoms with Crippen molar-refractivity contribution in [3.8, 4) is 5.75 Å². The fourth-order valence-corrected chi connectivity index (χ4v) is 3.72. The van der Waals surface area contributed by atoms with E-state index in [1.807, 2.05) is 0 Å². The first-order chi connectivity index (χ1) is 13.2. The first-order valence-electron chi connectivity index (χ1n) is 8.37. The van der Waals surface area contributed by atoms with Crippen molar-refractivity contribution in [2.75, 3.05) is 6.61 Å². The molecule has 1 atom stereocenters. The smallest absolute Gasteiger partial charge is 0.416 e. The fourth-order valence-electron chi connectivity index (χ4n) is 2.69. The predicted octanol–water partition coefficient (Wildman–Crippen LogP) is 4.11. The molecular weight excluding hydrogens is 393 g/mol. The molecule has 1 aliphatic rings. The zero-order valence-electron chi connectivity index (χ0n) is 14.5. The van der Waals surface area contributed by atoms with Gasteiger partial charge in [0.15, 0.2) is 23.3 Å². The Kier molecular flexibility index (Phi) is 5.88. The molecule has 1 heterocycles. The molecule has 0 amide bonds. The molecule has 0 aliphatic carbocycles. The van der Waals surface area contributed by atoms with Gasteiger partial charge in [-0.1, -0.05) is 36.0 Å². The molecule has 0 N–H and O–H groups in total. The summed E-state index contributed by atoms with van der Waals surface area (Å²) in [5.74, 6) is -0.0905. The minimum Gasteiger partial charge on any atom is -0.485 e. The Morgan fingerprint density at radius 2 is 1.68 bits per heavy atom. The monoisotopic (exact) mass is 408 g/mol. The quantitative estimate of drug-likeness (QED) is 0.532. The summed E-state index contributed by atoms with van der Waals surface area (Å²) in [7, 11) is 0. The van der Waals surface area contributed by atoms with E-state index in [4.69, 9.17) is 4.74 Å². The zero-order chi connectivity index (χ0) is 20.3. The first kappa shape index (κ1) is 20.1. The number of halogens is 3. The lowest BCUT2D eigenvalue weighted by Crippen LogP contribution is -2.14. The number of thioether (sulfide) groups is 1. The summed E-state index contributed by atoms with van der Waals surface area (Å²) in [6, 6.07) is 10.7. The van der Waals surface area contributed by atoms with E-state index in [1.54, 1.807) is 24.3 Å². The van der Waals surface area contributed by atoms with Crippen LogP contribution in [0.5, 0.6) is 5.75 Å². The van der Waals surface area contributed by atoms with E-state index < -0.39 is 17.5 Å². The van der Waals surface area contributed by atoms with E-state index in [9.17, 15) is 27.6 Å². The summed E-state index contributed by atoms with van der Waals surface area (Å²) in [6.45, 7) is -0.309. The summed E-state index contributed by atoms with van der Waals surface area (Å²) in [5, 5.41) is -0.475. The molecule has 0 saturated carbocycles. The van der Waals surface area contributed by atoms with Crippen molar-refractivity contribution in [1.29, 1.82) is 0 Å². The highest BCUT2D eigenvalue weighted by molar-refractivity contribution is 8.15. The van der Waals surface area contributed by atoms with Gasteiger partial charge in [0.05, 0.1) is 17.2 Å². The fraction of sp³-hybridized carbons (Fsp3) is 0.250. The van der Waals surface area contributed by atoms with E-state index in [2.05, 4.69) is 0 Å². The molecule has 0 bridgehead atoms. The van der Waals surface area contributed by atoms with Gasteiger partial charge in [0.25, 0.3) is 0 Å². The van der Waals surface area contributed by atoms with Crippen LogP contribution in [0.2, 0.25) is 0 Å². The Bertz CT molecular complexity index is 889. The second-order valence-corrected chi connectivity index (χ2v) is 7.52. The zero-order valence-corrected chi connectivity index (χ0v) is 15.3. The van der Waals surface area contributed by atoms with Gasteiger partial charge < -0.3 is 4.74 Å². The number of benzene rings is 2. The van der Waals surface area contributed by atoms with Crippen LogP contribution in [-0.4, -0.2) is 28.5 Å². The van der Waals surface area contributed by atoms with Crippen LogP contribution in [0.15, 0.2) is 48.5 Å². The van der Waals surface area contributed by atoms with Gasteiger partial charge in [-0.25, -0.2) is 0 Å². The average Bonchev–Trinajstić information content (AvgIpc) is 2.97. The Balaban J connectivity index is 1.54. The second-order valence-electron chi connectivity index (χ2n) is 6.26. The van der Waals surface area contributed by atoms with Gasteiger partial charge in [0, 0.05) is 5.56 Å². The molecule has 4 nitrogen and oxygen atoms in total. The minimum atomic E-state index is -4.45. The highest BCUT2D eigenvalue weighted by Crippen LogP contribution is 2.30. The molecule has 0 spiro atoms. The topological polar surface area (TPSA) is 60.4 Å². The Hall–Kier alpha value is -2.61. The van der Waals surface area contributed by atoms with Crippen LogP contribution >= 0.6 is 11.8 Å². The van der Waals surface area contributed by atoms with Crippen LogP contribution in [-0.2, 0) is 22.2 Å². The number of carbonyl (C=O) groups excluding carboxylic acids is 3. The van der Waals surface area contributed by atoms with Crippen LogP contribution in [0.4, 0.5) is 13.2 Å². The van der Waals surface area contributed by atoms with Gasteiger partial charge in [-0.2, -0.15) is 13.2 Å². The van der Waals surface area contributed by atoms with Crippen LogP contribution < -0.4 is 4.74 Å². The third-order valence-corrected chi connectivity index (χ3v) is 5.32. The summed E-state index contributed by atoms with van der Waals surface area (Å²) in [5.41, 5.74) is 0.175. The van der Waals surface area contributed by atoms with E-state index >= 15 is 0 Å². The highest BCUT2D eigenvalue weighted by Gasteiger charge is 2.32. The van der Waals surface area contributed by atoms with Crippen molar-refractivity contribution in [2.45, 2.75) is 24.3 Å². The van der Waals surface area contributed by atoms with Crippen molar-refractivity contribution in [1.82, 2.24) is 0 Å². The lowest BCUT2D eigenvalue weighted by atomic mass is 10.1. The summed E-state index contributed by atoms with van der Waals surface area (Å²) in [6.07, 6.45) is -4.03. The molecule has 0 aromatic heterocycles. The van der Waals surface area contributed by atoms with E-state index in [-0.39, 0.29) is 34.7 Å². The number of Topliss-reactive ketones (excluding diaryl/α,β-unsaturated/α-hetero) is 2. The summed E-state index contributed by atoms with van der Waals surface area (Å²) in [4.78, 5) is 35.0. The third-order valence-electron chi connectivity index (χ3n) is 4.20. The molecule has 146 valence electrons. The Morgan fingerprint density at radius 3 is 2.21 bits per heavy atom. The van der Waals surface area contributed by atoms with Crippen molar-refractivity contribution in [3.05, 3.63) is 65.2 Å². The third kappa shape index (κ3) is 5.01. The van der Waals surface area contributed by atoms with Crippen molar-refractivity contribution in [3.63, 3.8) is 0 Å². The standard InChI is InChI=1S/C20H15F3O4S/c21-20(22,23)14-5-3-13(4-6-14)17(25)11-27-15-7-1-12(2-8-15)9-18-16(24)10-19(26)28-18/h1-8,18H,9-11H2. The summed E-state index contributed by atoms with van der Waals surface area (Å²) >= 11 is 1.05. The average molecular weight is 408 g/mol. The molecule has 2 aromatic rings. The number of ether oxygens (including phenoxy) is 1. The number of ketones is 2. The van der Waals surface area contributed by atoms with Gasteiger partial charge in [0.2, 0.25) is 0 Å². The highest BCUT2D eigenvalue weighted by atomic mass is 32.2. The molecule has 28 heavy (non-hydrogen) atoms. The van der Waals surface area contributed by atoms with Gasteiger partial charge >= 0.3 is 6.18 Å². The lowest BCUT2D eigenvalue weighted by Gasteiger charge is -2.10. The molecule has 1 fully saturated rings. The molecule has 1 saturated heterocycles. The van der Waals surface area contributed by atoms with Gasteiger partial charge in [-0.3, -0.25) is 14.4 Å². The Morgan fingerprint density at radius 1 is 1.04 bits per heavy atom. The SMILES string of the molecule is O=C1CC(=O)C(Cc2ccc(OCC(=O)c3ccc(C(F)(F)F)cc3)cc2)S1. The molecule has 8 heteroatoms. The second kappa shape index (κ2) is 8.18. The maximum Gasteiger partial charge on any atom is 0.416 e. The number of hydrogen-bond donors (Lipinski definition) is 0. The lowest BCUT2D eigenvalue weighted by molar-refractivity contribution is -0.137. The van der Waals surface area contributed by atoms with Gasteiger partial charge in [-0.15, -0.1) is 0 Å². The van der Waals surface area contributed by atoms with Crippen LogP contribution in [0.25, 0.3) is 0 Å². The normalized spacial score (nSPS) is 17.0. The molecule has 3 rings (SSSR count). The van der Waals surface area contributed by atoms with Gasteiger partial charge in [0.1, 0.15) is 5.75 Å². The van der Waals surface area contributed by atoms with E-state index in [0.717, 1.165) is 41.6 Å². The minimum absolute atomic E-state index is 0.0252. The number of hydrogen-bond acceptors (Lipinski definition) is 5. The maximum absolute atomic E-state index is 12.5. The number of carbonyl (C=O) groups is 3. The largest absolute Gasteiger partial charge is 0.485 e. The van der Waals surface area contributed by atoms with Crippen LogP contribution in [0.3, 0.4) is 0 Å². The first-order valence-corrected chi connectivity index (χ1v) is 9.25. The van der Waals surface area contributed by atoms with Crippen LogP contribution in [0, 0.1) is 0 Å². The van der Waals surface area contributed by atoms with Gasteiger partial charge in [-0.05, 0) is 36.2 Å². The Labute approximate surface area is 163 Å². The number of alkyl halides is 3. The van der Waals surface area contributed by atoms with Crippen molar-refractivity contribution in [2.24, 2.45) is 0 Å². The molecular formula is C20H15F3O4S. The van der Waals surface area contributed by atoms with Crippen molar-refractivity contribution < 1.29 is 32.3 Å².